The Hall–Kier alpha value is -0.240. The summed E-state index contributed by atoms with van der Waals surface area (Å²) < 4.78 is 16.8. The van der Waals surface area contributed by atoms with E-state index in [1.165, 1.54) is 38.8 Å². The van der Waals surface area contributed by atoms with Crippen LogP contribution < -0.4 is 10.6 Å². The Balaban J connectivity index is 0. The van der Waals surface area contributed by atoms with Crippen molar-refractivity contribution in [3.05, 3.63) is 0 Å². The molecule has 2 N–H and O–H groups in total. The average Bonchev–Trinajstić information content (AvgIpc) is 2.72. The third-order valence-electron chi connectivity index (χ3n) is 5.63. The molecule has 2 unspecified atom stereocenters. The summed E-state index contributed by atoms with van der Waals surface area (Å²) in [5, 5.41) is 7.13. The van der Waals surface area contributed by atoms with Crippen molar-refractivity contribution >= 4 is 0 Å². The second kappa shape index (κ2) is 17.6. The number of nitrogens with zero attached hydrogens (tertiary/aromatic N) is 1. The fourth-order valence-electron chi connectivity index (χ4n) is 3.22. The Morgan fingerprint density at radius 3 is 2.11 bits per heavy atom. The van der Waals surface area contributed by atoms with Crippen molar-refractivity contribution in [1.29, 1.82) is 0 Å². The molecule has 1 heterocycles. The third kappa shape index (κ3) is 13.9. The molecular weight excluding hydrogens is 354 g/mol. The molecule has 0 saturated carbocycles. The molecule has 6 nitrogen and oxygen atoms in total. The van der Waals surface area contributed by atoms with Gasteiger partial charge in [0.2, 0.25) is 0 Å². The van der Waals surface area contributed by atoms with Crippen molar-refractivity contribution in [1.82, 2.24) is 15.5 Å². The van der Waals surface area contributed by atoms with Gasteiger partial charge in [-0.25, -0.2) is 0 Å². The van der Waals surface area contributed by atoms with Gasteiger partial charge in [-0.05, 0) is 51.7 Å². The SMILES string of the molecule is CCC(C)CNCCOCCOCCOCCN1CCC(NC(C)CC)CC1.[HH].[HH]. The molecule has 0 aromatic rings. The Labute approximate surface area is 177 Å². The molecule has 0 spiro atoms. The topological polar surface area (TPSA) is 55.0 Å². The molecule has 0 aromatic heterocycles. The zero-order valence-corrected chi connectivity index (χ0v) is 19.0. The molecule has 0 radical (unpaired) electrons. The quantitative estimate of drug-likeness (QED) is 0.342. The lowest BCUT2D eigenvalue weighted by molar-refractivity contribution is 0.00974. The van der Waals surface area contributed by atoms with Crippen LogP contribution >= 0.6 is 0 Å². The Kier molecular flexibility index (Phi) is 16.2. The number of hydrogen-bond donors (Lipinski definition) is 2. The normalized spacial score (nSPS) is 18.4. The number of nitrogens with one attached hydrogen (secondary N) is 2. The second-order valence-electron chi connectivity index (χ2n) is 8.15. The van der Waals surface area contributed by atoms with E-state index in [9.17, 15) is 0 Å². The predicted octanol–water partition coefficient (Wildman–Crippen LogP) is 3.02. The molecule has 2 atom stereocenters. The first-order valence-corrected chi connectivity index (χ1v) is 11.6. The highest BCUT2D eigenvalue weighted by Gasteiger charge is 2.19. The van der Waals surface area contributed by atoms with Crippen molar-refractivity contribution in [3.63, 3.8) is 0 Å². The summed E-state index contributed by atoms with van der Waals surface area (Å²) in [4.78, 5) is 2.51. The van der Waals surface area contributed by atoms with Crippen LogP contribution in [-0.4, -0.2) is 89.3 Å². The van der Waals surface area contributed by atoms with Gasteiger partial charge in [-0.15, -0.1) is 0 Å². The van der Waals surface area contributed by atoms with Gasteiger partial charge in [0, 0.05) is 28.0 Å². The summed E-state index contributed by atoms with van der Waals surface area (Å²) >= 11 is 0. The molecule has 172 valence electrons. The summed E-state index contributed by atoms with van der Waals surface area (Å²) in [7, 11) is 0. The van der Waals surface area contributed by atoms with Crippen molar-refractivity contribution in [3.8, 4) is 0 Å². The lowest BCUT2D eigenvalue weighted by Gasteiger charge is -2.33. The van der Waals surface area contributed by atoms with Crippen LogP contribution in [0.5, 0.6) is 0 Å². The average molecular weight is 406 g/mol. The highest BCUT2D eigenvalue weighted by molar-refractivity contribution is 4.78. The maximum absolute atomic E-state index is 5.70. The van der Waals surface area contributed by atoms with Crippen LogP contribution in [0.15, 0.2) is 0 Å². The molecule has 0 aliphatic carbocycles. The summed E-state index contributed by atoms with van der Waals surface area (Å²) in [5.41, 5.74) is 0. The summed E-state index contributed by atoms with van der Waals surface area (Å²) in [5.74, 6) is 0.738. The summed E-state index contributed by atoms with van der Waals surface area (Å²) in [6.45, 7) is 18.5. The van der Waals surface area contributed by atoms with E-state index >= 15 is 0 Å². The van der Waals surface area contributed by atoms with Crippen LogP contribution in [0.3, 0.4) is 0 Å². The van der Waals surface area contributed by atoms with Gasteiger partial charge in [-0.1, -0.05) is 27.2 Å². The van der Waals surface area contributed by atoms with E-state index in [1.807, 2.05) is 0 Å². The van der Waals surface area contributed by atoms with Gasteiger partial charge in [0.15, 0.2) is 0 Å². The first-order chi connectivity index (χ1) is 13.7. The van der Waals surface area contributed by atoms with Gasteiger partial charge in [0.25, 0.3) is 0 Å². The molecule has 0 aromatic carbocycles. The van der Waals surface area contributed by atoms with Gasteiger partial charge < -0.3 is 29.7 Å². The lowest BCUT2D eigenvalue weighted by Crippen LogP contribution is -2.46. The lowest BCUT2D eigenvalue weighted by atomic mass is 10.0. The van der Waals surface area contributed by atoms with Gasteiger partial charge in [-0.2, -0.15) is 0 Å². The molecule has 0 bridgehead atoms. The fourth-order valence-corrected chi connectivity index (χ4v) is 3.22. The molecule has 1 rings (SSSR count). The highest BCUT2D eigenvalue weighted by Crippen LogP contribution is 2.11. The van der Waals surface area contributed by atoms with Crippen molar-refractivity contribution < 1.29 is 17.1 Å². The van der Waals surface area contributed by atoms with Gasteiger partial charge in [0.1, 0.15) is 0 Å². The smallest absolute Gasteiger partial charge is 0.0701 e. The van der Waals surface area contributed by atoms with Gasteiger partial charge in [0.05, 0.1) is 39.6 Å². The van der Waals surface area contributed by atoms with Crippen LogP contribution in [-0.2, 0) is 14.2 Å². The highest BCUT2D eigenvalue weighted by atomic mass is 16.5. The van der Waals surface area contributed by atoms with Crippen molar-refractivity contribution in [2.45, 2.75) is 65.5 Å². The monoisotopic (exact) mass is 405 g/mol. The van der Waals surface area contributed by atoms with Crippen molar-refractivity contribution in [2.24, 2.45) is 5.92 Å². The number of piperidine rings is 1. The molecular formula is C22H51N3O3. The van der Waals surface area contributed by atoms with E-state index in [1.54, 1.807) is 0 Å². The molecule has 1 saturated heterocycles. The first-order valence-electron chi connectivity index (χ1n) is 11.6. The van der Waals surface area contributed by atoms with E-state index in [4.69, 9.17) is 14.2 Å². The van der Waals surface area contributed by atoms with Crippen LogP contribution in [0.4, 0.5) is 0 Å². The Morgan fingerprint density at radius 1 is 0.893 bits per heavy atom. The Morgan fingerprint density at radius 2 is 1.50 bits per heavy atom. The van der Waals surface area contributed by atoms with E-state index in [2.05, 4.69) is 43.2 Å². The van der Waals surface area contributed by atoms with Crippen molar-refractivity contribution in [2.75, 3.05) is 72.4 Å². The van der Waals surface area contributed by atoms with E-state index < -0.39 is 0 Å². The molecule has 28 heavy (non-hydrogen) atoms. The minimum Gasteiger partial charge on any atom is -0.378 e. The van der Waals surface area contributed by atoms with E-state index in [0.717, 1.165) is 38.8 Å². The maximum Gasteiger partial charge on any atom is 0.0701 e. The molecule has 0 amide bonds. The molecule has 1 aliphatic rings. The predicted molar refractivity (Wildman–Crippen MR) is 121 cm³/mol. The zero-order valence-electron chi connectivity index (χ0n) is 19.0. The van der Waals surface area contributed by atoms with E-state index in [0.29, 0.717) is 38.5 Å². The van der Waals surface area contributed by atoms with Crippen LogP contribution in [0.25, 0.3) is 0 Å². The summed E-state index contributed by atoms with van der Waals surface area (Å²) in [6.07, 6.45) is 4.93. The third-order valence-corrected chi connectivity index (χ3v) is 5.63. The number of likely N-dealkylation sites (tertiary alicyclic amines) is 1. The van der Waals surface area contributed by atoms with E-state index in [-0.39, 0.29) is 2.85 Å². The van der Waals surface area contributed by atoms with Crippen LogP contribution in [0.2, 0.25) is 0 Å². The molecule has 6 heteroatoms. The summed E-state index contributed by atoms with van der Waals surface area (Å²) in [6, 6.07) is 1.33. The number of rotatable bonds is 18. The maximum atomic E-state index is 5.70. The van der Waals surface area contributed by atoms with Crippen LogP contribution in [0.1, 0.15) is 56.2 Å². The molecule has 1 fully saturated rings. The number of hydrogen-bond acceptors (Lipinski definition) is 6. The largest absolute Gasteiger partial charge is 0.378 e. The Bertz CT molecular complexity index is 350. The van der Waals surface area contributed by atoms with Gasteiger partial charge in [-0.3, -0.25) is 0 Å². The fraction of sp³-hybridized carbons (Fsp3) is 1.00. The first kappa shape index (κ1) is 25.8. The minimum atomic E-state index is 0. The molecule has 1 aliphatic heterocycles. The van der Waals surface area contributed by atoms with Crippen LogP contribution in [0, 0.1) is 5.92 Å². The standard InChI is InChI=1S/C22H47N3O3.2H2/c1-5-20(3)19-23-9-13-26-15-17-28-18-16-27-14-12-25-10-7-22(8-11-25)24-21(4)6-2;;/h20-24H,5-19H2,1-4H3;2*1H. The zero-order chi connectivity index (χ0) is 20.5. The van der Waals surface area contributed by atoms with Gasteiger partial charge >= 0.3 is 0 Å². The number of ether oxygens (including phenoxy) is 3. The minimum absolute atomic E-state index is 0. The second-order valence-corrected chi connectivity index (χ2v) is 8.15.